The van der Waals surface area contributed by atoms with Gasteiger partial charge in [0.15, 0.2) is 0 Å². The number of hydrazone groups is 1. The number of hydrogen-bond donors (Lipinski definition) is 2. The number of benzene rings is 3. The Bertz CT molecular complexity index is 1380. The van der Waals surface area contributed by atoms with Crippen molar-refractivity contribution >= 4 is 50.5 Å². The van der Waals surface area contributed by atoms with Crippen LogP contribution in [0.25, 0.3) is 0 Å². The maximum atomic E-state index is 13.4. The van der Waals surface area contributed by atoms with Gasteiger partial charge in [-0.25, -0.2) is 13.8 Å². The van der Waals surface area contributed by atoms with Gasteiger partial charge in [0, 0.05) is 17.6 Å². The Morgan fingerprint density at radius 2 is 1.69 bits per heavy atom. The fraction of sp³-hybridized carbons (Fsp3) is 0.160. The third-order valence-corrected chi connectivity index (χ3v) is 7.21. The van der Waals surface area contributed by atoms with Crippen LogP contribution in [-0.4, -0.2) is 32.5 Å². The van der Waals surface area contributed by atoms with Crippen molar-refractivity contribution in [2.75, 3.05) is 16.2 Å². The van der Waals surface area contributed by atoms with Gasteiger partial charge in [-0.15, -0.1) is 0 Å². The minimum absolute atomic E-state index is 0.0407. The van der Waals surface area contributed by atoms with Crippen LogP contribution < -0.4 is 15.0 Å². The Morgan fingerprint density at radius 1 is 0.971 bits per heavy atom. The fourth-order valence-corrected chi connectivity index (χ4v) is 4.78. The summed E-state index contributed by atoms with van der Waals surface area (Å²) in [5.41, 5.74) is 5.18. The van der Waals surface area contributed by atoms with Gasteiger partial charge < -0.3 is 5.32 Å². The topological polar surface area (TPSA) is 108 Å². The molecule has 182 valence electrons. The first-order chi connectivity index (χ1) is 16.6. The van der Waals surface area contributed by atoms with Gasteiger partial charge in [-0.05, 0) is 61.4 Å². The number of rotatable bonds is 8. The Hall–Kier alpha value is -3.69. The molecule has 0 saturated heterocycles. The summed E-state index contributed by atoms with van der Waals surface area (Å²) in [4.78, 5) is 24.1. The number of carbonyl (C=O) groups excluding carboxylic acids is 2. The van der Waals surface area contributed by atoms with Crippen LogP contribution in [0.4, 0.5) is 11.4 Å². The molecule has 0 unspecified atom stereocenters. The van der Waals surface area contributed by atoms with Gasteiger partial charge in [0.2, 0.25) is 5.91 Å². The van der Waals surface area contributed by atoms with Crippen LogP contribution in [0.1, 0.15) is 25.0 Å². The molecule has 35 heavy (non-hydrogen) atoms. The van der Waals surface area contributed by atoms with Gasteiger partial charge in [0.25, 0.3) is 15.9 Å². The molecule has 0 aromatic heterocycles. The van der Waals surface area contributed by atoms with Gasteiger partial charge in [0.1, 0.15) is 6.54 Å². The monoisotopic (exact) mass is 512 g/mol. The van der Waals surface area contributed by atoms with E-state index in [9.17, 15) is 18.0 Å². The third-order valence-electron chi connectivity index (χ3n) is 5.01. The summed E-state index contributed by atoms with van der Waals surface area (Å²) in [6, 6.07) is 19.6. The third kappa shape index (κ3) is 6.68. The highest BCUT2D eigenvalue weighted by Crippen LogP contribution is 2.28. The van der Waals surface area contributed by atoms with E-state index in [1.54, 1.807) is 68.4 Å². The van der Waals surface area contributed by atoms with Crippen LogP contribution in [0.2, 0.25) is 5.02 Å². The Balaban J connectivity index is 1.85. The highest BCUT2D eigenvalue weighted by atomic mass is 35.5. The molecule has 0 aliphatic heterocycles. The molecule has 0 aliphatic rings. The predicted octanol–water partition coefficient (Wildman–Crippen LogP) is 4.34. The van der Waals surface area contributed by atoms with Crippen molar-refractivity contribution in [3.05, 3.63) is 88.9 Å². The lowest BCUT2D eigenvalue weighted by Gasteiger charge is -2.24. The van der Waals surface area contributed by atoms with Crippen molar-refractivity contribution in [2.45, 2.75) is 25.7 Å². The van der Waals surface area contributed by atoms with Gasteiger partial charge in [-0.3, -0.25) is 13.9 Å². The molecule has 0 spiro atoms. The Labute approximate surface area is 209 Å². The molecule has 3 rings (SSSR count). The normalized spacial score (nSPS) is 11.6. The smallest absolute Gasteiger partial charge is 0.264 e. The van der Waals surface area contributed by atoms with Gasteiger partial charge in [0.05, 0.1) is 16.3 Å². The van der Waals surface area contributed by atoms with E-state index in [2.05, 4.69) is 15.8 Å². The molecule has 0 heterocycles. The maximum absolute atomic E-state index is 13.4. The maximum Gasteiger partial charge on any atom is 0.264 e. The van der Waals surface area contributed by atoms with Crippen LogP contribution in [-0.2, 0) is 19.6 Å². The zero-order chi connectivity index (χ0) is 25.6. The number of aryl methyl sites for hydroxylation is 1. The minimum atomic E-state index is -4.06. The number of nitrogens with zero attached hydrogens (tertiary/aromatic N) is 2. The number of halogens is 1. The second-order valence-corrected chi connectivity index (χ2v) is 10.0. The van der Waals surface area contributed by atoms with E-state index in [0.717, 1.165) is 9.87 Å². The van der Waals surface area contributed by atoms with Crippen LogP contribution >= 0.6 is 11.6 Å². The van der Waals surface area contributed by atoms with Crippen LogP contribution in [0.15, 0.2) is 82.8 Å². The van der Waals surface area contributed by atoms with Crippen molar-refractivity contribution in [3.63, 3.8) is 0 Å². The molecule has 3 aromatic rings. The van der Waals surface area contributed by atoms with Gasteiger partial charge in [-0.2, -0.15) is 5.10 Å². The van der Waals surface area contributed by atoms with Crippen molar-refractivity contribution in [1.82, 2.24) is 5.43 Å². The van der Waals surface area contributed by atoms with Crippen molar-refractivity contribution in [1.29, 1.82) is 0 Å². The lowest BCUT2D eigenvalue weighted by Crippen LogP contribution is -2.39. The van der Waals surface area contributed by atoms with E-state index in [0.29, 0.717) is 22.0 Å². The summed E-state index contributed by atoms with van der Waals surface area (Å²) < 4.78 is 27.8. The summed E-state index contributed by atoms with van der Waals surface area (Å²) in [6.07, 6.45) is 0. The molecule has 0 fully saturated rings. The van der Waals surface area contributed by atoms with Gasteiger partial charge >= 0.3 is 0 Å². The molecular formula is C25H25ClN4O4S. The molecule has 2 amide bonds. The largest absolute Gasteiger partial charge is 0.326 e. The first-order valence-electron chi connectivity index (χ1n) is 10.6. The van der Waals surface area contributed by atoms with E-state index in [1.807, 2.05) is 0 Å². The summed E-state index contributed by atoms with van der Waals surface area (Å²) in [5, 5.41) is 7.17. The van der Waals surface area contributed by atoms with E-state index in [1.165, 1.54) is 25.1 Å². The lowest BCUT2D eigenvalue weighted by atomic mass is 10.1. The lowest BCUT2D eigenvalue weighted by molar-refractivity contribution is -0.119. The van der Waals surface area contributed by atoms with E-state index < -0.39 is 22.5 Å². The zero-order valence-electron chi connectivity index (χ0n) is 19.4. The quantitative estimate of drug-likeness (QED) is 0.345. The predicted molar refractivity (Wildman–Crippen MR) is 138 cm³/mol. The number of hydrogen-bond acceptors (Lipinski definition) is 5. The highest BCUT2D eigenvalue weighted by molar-refractivity contribution is 7.92. The number of carbonyl (C=O) groups is 2. The molecule has 0 aliphatic carbocycles. The standard InChI is InChI=1S/C25H25ClN4O4S/c1-17-12-13-22(15-24(17)26)30(35(33,34)23-10-5-4-6-11-23)16-25(32)29-28-18(2)20-8-7-9-21(14-20)27-19(3)31/h4-15H,16H2,1-3H3,(H,27,31)(H,29,32)/b28-18-. The number of anilines is 2. The van der Waals surface area contributed by atoms with E-state index in [4.69, 9.17) is 11.6 Å². The molecule has 2 N–H and O–H groups in total. The molecule has 3 aromatic carbocycles. The number of amides is 2. The van der Waals surface area contributed by atoms with Crippen molar-refractivity contribution in [2.24, 2.45) is 5.10 Å². The minimum Gasteiger partial charge on any atom is -0.326 e. The fourth-order valence-electron chi connectivity index (χ4n) is 3.17. The molecule has 0 bridgehead atoms. The molecule has 0 atom stereocenters. The molecular weight excluding hydrogens is 488 g/mol. The average Bonchev–Trinajstić information content (AvgIpc) is 2.83. The first-order valence-corrected chi connectivity index (χ1v) is 12.4. The van der Waals surface area contributed by atoms with Crippen molar-refractivity contribution in [3.8, 4) is 0 Å². The molecule has 8 nitrogen and oxygen atoms in total. The molecule has 10 heteroatoms. The average molecular weight is 513 g/mol. The molecule has 0 radical (unpaired) electrons. The first kappa shape index (κ1) is 25.9. The molecule has 0 saturated carbocycles. The Kier molecular flexibility index (Phi) is 8.26. The SMILES string of the molecule is CC(=O)Nc1cccc(/C(C)=N\NC(=O)CN(c2ccc(C)c(Cl)c2)S(=O)(=O)c2ccccc2)c1. The van der Waals surface area contributed by atoms with Crippen LogP contribution in [0.5, 0.6) is 0 Å². The number of sulfonamides is 1. The van der Waals surface area contributed by atoms with Crippen LogP contribution in [0.3, 0.4) is 0 Å². The summed E-state index contributed by atoms with van der Waals surface area (Å²) >= 11 is 6.24. The second kappa shape index (κ2) is 11.2. The number of nitrogens with one attached hydrogen (secondary N) is 2. The summed E-state index contributed by atoms with van der Waals surface area (Å²) in [5.74, 6) is -0.848. The van der Waals surface area contributed by atoms with E-state index >= 15 is 0 Å². The summed E-state index contributed by atoms with van der Waals surface area (Å²) in [6.45, 7) is 4.38. The Morgan fingerprint density at radius 3 is 2.34 bits per heavy atom. The second-order valence-electron chi connectivity index (χ2n) is 7.75. The zero-order valence-corrected chi connectivity index (χ0v) is 21.0. The highest BCUT2D eigenvalue weighted by Gasteiger charge is 2.27. The summed E-state index contributed by atoms with van der Waals surface area (Å²) in [7, 11) is -4.06. The van der Waals surface area contributed by atoms with Crippen molar-refractivity contribution < 1.29 is 18.0 Å². The van der Waals surface area contributed by atoms with Crippen LogP contribution in [0, 0.1) is 6.92 Å². The van der Waals surface area contributed by atoms with E-state index in [-0.39, 0.29) is 16.5 Å². The van der Waals surface area contributed by atoms with Gasteiger partial charge in [-0.1, -0.05) is 48.0 Å².